The van der Waals surface area contributed by atoms with E-state index >= 15 is 0 Å². The SMILES string of the molecule is O=c1c2c(Cl)c3c(=O)n(CC(F)(F)F)c(=O)c3c(NCC(F)(F)F)c2c(=O)n1CC(F)(F)F. The van der Waals surface area contributed by atoms with E-state index in [9.17, 15) is 58.7 Å². The lowest BCUT2D eigenvalue weighted by Crippen LogP contribution is -2.33. The Labute approximate surface area is 178 Å². The van der Waals surface area contributed by atoms with E-state index in [-0.39, 0.29) is 0 Å². The number of hydrogen-bond donors (Lipinski definition) is 1. The van der Waals surface area contributed by atoms with Gasteiger partial charge in [-0.05, 0) is 0 Å². The van der Waals surface area contributed by atoms with Crippen molar-refractivity contribution in [3.63, 3.8) is 0 Å². The van der Waals surface area contributed by atoms with Crippen LogP contribution in [0.2, 0.25) is 5.02 Å². The molecule has 3 rings (SSSR count). The summed E-state index contributed by atoms with van der Waals surface area (Å²) in [6, 6.07) is 0. The van der Waals surface area contributed by atoms with Crippen LogP contribution in [0.25, 0.3) is 21.5 Å². The van der Waals surface area contributed by atoms with Crippen LogP contribution in [0, 0.1) is 0 Å². The van der Waals surface area contributed by atoms with Crippen LogP contribution < -0.4 is 27.6 Å². The van der Waals surface area contributed by atoms with E-state index < -0.39 is 102 Å². The average molecular weight is 512 g/mol. The van der Waals surface area contributed by atoms with Gasteiger partial charge in [-0.2, -0.15) is 39.5 Å². The van der Waals surface area contributed by atoms with E-state index in [0.717, 1.165) is 0 Å². The lowest BCUT2D eigenvalue weighted by Gasteiger charge is -2.11. The Morgan fingerprint density at radius 3 is 1.24 bits per heavy atom. The summed E-state index contributed by atoms with van der Waals surface area (Å²) in [5, 5.41) is -4.30. The van der Waals surface area contributed by atoms with E-state index in [4.69, 9.17) is 11.6 Å². The Kier molecular flexibility index (Phi) is 5.59. The van der Waals surface area contributed by atoms with Crippen LogP contribution in [0.4, 0.5) is 45.2 Å². The normalized spacial score (nSPS) is 13.4. The van der Waals surface area contributed by atoms with Crippen molar-refractivity contribution in [1.82, 2.24) is 9.13 Å². The summed E-state index contributed by atoms with van der Waals surface area (Å²) in [7, 11) is 0. The zero-order valence-electron chi connectivity index (χ0n) is 15.4. The molecule has 180 valence electrons. The van der Waals surface area contributed by atoms with Crippen molar-refractivity contribution in [2.24, 2.45) is 0 Å². The zero-order chi connectivity index (χ0) is 25.3. The lowest BCUT2D eigenvalue weighted by atomic mass is 10.1. The summed E-state index contributed by atoms with van der Waals surface area (Å²) in [6.07, 6.45) is -15.3. The molecule has 0 bridgehead atoms. The summed E-state index contributed by atoms with van der Waals surface area (Å²) < 4.78 is 114. The molecule has 0 amide bonds. The highest BCUT2D eigenvalue weighted by molar-refractivity contribution is 6.42. The Bertz CT molecular complexity index is 1370. The number of hydrogen-bond acceptors (Lipinski definition) is 5. The molecule has 0 saturated carbocycles. The van der Waals surface area contributed by atoms with Gasteiger partial charge in [-0.25, -0.2) is 0 Å². The molecule has 3 aromatic rings. The van der Waals surface area contributed by atoms with Crippen molar-refractivity contribution < 1.29 is 39.5 Å². The van der Waals surface area contributed by atoms with Crippen molar-refractivity contribution in [3.8, 4) is 0 Å². The maximum absolute atomic E-state index is 12.8. The number of benzene rings is 1. The topological polar surface area (TPSA) is 90.2 Å². The van der Waals surface area contributed by atoms with E-state index in [1.165, 1.54) is 5.32 Å². The van der Waals surface area contributed by atoms with Gasteiger partial charge in [0.15, 0.2) is 0 Å². The molecule has 0 aliphatic rings. The molecule has 2 aromatic heterocycles. The Morgan fingerprint density at radius 1 is 0.606 bits per heavy atom. The predicted octanol–water partition coefficient (Wildman–Crippen LogP) is 2.66. The first-order valence-electron chi connectivity index (χ1n) is 8.40. The van der Waals surface area contributed by atoms with Gasteiger partial charge in [-0.15, -0.1) is 0 Å². The fourth-order valence-electron chi connectivity index (χ4n) is 3.28. The third-order valence-corrected chi connectivity index (χ3v) is 4.79. The number of alkyl halides is 9. The standard InChI is InChI=1S/C16H7ClF9N3O4/c17-8-4-6(12(32)28(10(4)30)2-15(21,22)23)9(27-1-14(18,19)20)7-5(8)11(31)29(13(7)33)3-16(24,25)26/h27H,1-3H2. The number of aromatic nitrogens is 2. The second-order valence-electron chi connectivity index (χ2n) is 6.78. The molecule has 0 aliphatic heterocycles. The highest BCUT2D eigenvalue weighted by atomic mass is 35.5. The minimum atomic E-state index is -5.14. The molecule has 17 heteroatoms. The molecule has 1 aromatic carbocycles. The van der Waals surface area contributed by atoms with Gasteiger partial charge in [0.05, 0.1) is 32.3 Å². The van der Waals surface area contributed by atoms with Crippen molar-refractivity contribution in [2.75, 3.05) is 11.9 Å². The van der Waals surface area contributed by atoms with E-state index in [2.05, 4.69) is 0 Å². The number of nitrogens with zero attached hydrogens (tertiary/aromatic N) is 2. The molecule has 0 unspecified atom stereocenters. The molecule has 0 spiro atoms. The molecule has 2 heterocycles. The van der Waals surface area contributed by atoms with E-state index in [1.54, 1.807) is 0 Å². The average Bonchev–Trinajstić information content (AvgIpc) is 3.00. The number of rotatable bonds is 4. The van der Waals surface area contributed by atoms with Crippen LogP contribution >= 0.6 is 11.6 Å². The maximum atomic E-state index is 12.8. The number of nitrogens with one attached hydrogen (secondary N) is 1. The van der Waals surface area contributed by atoms with Gasteiger partial charge in [-0.1, -0.05) is 11.6 Å². The highest BCUT2D eigenvalue weighted by Crippen LogP contribution is 2.35. The van der Waals surface area contributed by atoms with Crippen molar-refractivity contribution in [1.29, 1.82) is 0 Å². The first-order chi connectivity index (χ1) is 14.8. The fourth-order valence-corrected chi connectivity index (χ4v) is 3.63. The summed E-state index contributed by atoms with van der Waals surface area (Å²) >= 11 is 5.84. The van der Waals surface area contributed by atoms with Crippen molar-refractivity contribution >= 4 is 38.8 Å². The van der Waals surface area contributed by atoms with Crippen molar-refractivity contribution in [3.05, 3.63) is 46.4 Å². The summed E-state index contributed by atoms with van der Waals surface area (Å²) in [5.41, 5.74) is -8.37. The molecule has 0 atom stereocenters. The first-order valence-corrected chi connectivity index (χ1v) is 8.78. The molecule has 7 nitrogen and oxygen atoms in total. The molecule has 1 N–H and O–H groups in total. The second kappa shape index (κ2) is 7.50. The molecule has 0 radical (unpaired) electrons. The molecular formula is C16H7ClF9N3O4. The fraction of sp³-hybridized carbons (Fsp3) is 0.375. The van der Waals surface area contributed by atoms with E-state index in [0.29, 0.717) is 0 Å². The Balaban J connectivity index is 2.55. The van der Waals surface area contributed by atoms with Crippen LogP contribution in [-0.4, -0.2) is 34.2 Å². The van der Waals surface area contributed by atoms with Gasteiger partial charge >= 0.3 is 18.5 Å². The van der Waals surface area contributed by atoms with Gasteiger partial charge in [0.25, 0.3) is 22.2 Å². The van der Waals surface area contributed by atoms with Crippen LogP contribution in [-0.2, 0) is 13.1 Å². The monoisotopic (exact) mass is 511 g/mol. The van der Waals surface area contributed by atoms with Gasteiger partial charge < -0.3 is 5.32 Å². The quantitative estimate of drug-likeness (QED) is 0.544. The van der Waals surface area contributed by atoms with Gasteiger partial charge in [-0.3, -0.25) is 28.3 Å². The Hall–Kier alpha value is -3.04. The smallest absolute Gasteiger partial charge is 0.375 e. The zero-order valence-corrected chi connectivity index (χ0v) is 16.2. The van der Waals surface area contributed by atoms with Crippen LogP contribution in [0.1, 0.15) is 0 Å². The summed E-state index contributed by atoms with van der Waals surface area (Å²) in [4.78, 5) is 49.9. The van der Waals surface area contributed by atoms with Crippen LogP contribution in [0.15, 0.2) is 19.2 Å². The molecule has 33 heavy (non-hydrogen) atoms. The van der Waals surface area contributed by atoms with E-state index in [1.807, 2.05) is 0 Å². The highest BCUT2D eigenvalue weighted by Gasteiger charge is 2.37. The van der Waals surface area contributed by atoms with Gasteiger partial charge in [0, 0.05) is 0 Å². The van der Waals surface area contributed by atoms with Crippen molar-refractivity contribution in [2.45, 2.75) is 31.6 Å². The lowest BCUT2D eigenvalue weighted by molar-refractivity contribution is -0.142. The third-order valence-electron chi connectivity index (χ3n) is 4.42. The maximum Gasteiger partial charge on any atom is 0.406 e. The first kappa shape index (κ1) is 24.6. The van der Waals surface area contributed by atoms with Gasteiger partial charge in [0.1, 0.15) is 19.6 Å². The molecular weight excluding hydrogens is 505 g/mol. The Morgan fingerprint density at radius 2 is 0.939 bits per heavy atom. The van der Waals surface area contributed by atoms with Crippen LogP contribution in [0.3, 0.4) is 0 Å². The minimum Gasteiger partial charge on any atom is -0.375 e. The minimum absolute atomic E-state index is 0.424. The molecule has 0 saturated heterocycles. The number of fused-ring (bicyclic) bond motifs is 2. The number of anilines is 1. The van der Waals surface area contributed by atoms with Gasteiger partial charge in [0.2, 0.25) is 0 Å². The number of halogens is 10. The largest absolute Gasteiger partial charge is 0.406 e. The summed E-state index contributed by atoms with van der Waals surface area (Å²) in [5.74, 6) is 0. The summed E-state index contributed by atoms with van der Waals surface area (Å²) in [6.45, 7) is -6.38. The predicted molar refractivity (Wildman–Crippen MR) is 96.6 cm³/mol. The third kappa shape index (κ3) is 4.43. The second-order valence-corrected chi connectivity index (χ2v) is 7.16. The van der Waals surface area contributed by atoms with Crippen LogP contribution in [0.5, 0.6) is 0 Å². The molecule has 0 fully saturated rings. The molecule has 0 aliphatic carbocycles.